The number of nitrogens with one attached hydrogen (secondary N) is 1. The molecule has 6 heteroatoms. The number of carbonyl (C=O) groups excluding carboxylic acids is 2. The summed E-state index contributed by atoms with van der Waals surface area (Å²) in [5.74, 6) is 0.0890. The molecule has 0 heterocycles. The Kier molecular flexibility index (Phi) is 8.47. The fourth-order valence-electron chi connectivity index (χ4n) is 2.89. The van der Waals surface area contributed by atoms with Crippen LogP contribution in [-0.2, 0) is 21.9 Å². The molecule has 0 saturated carbocycles. The summed E-state index contributed by atoms with van der Waals surface area (Å²) in [6.07, 6.45) is 0. The summed E-state index contributed by atoms with van der Waals surface area (Å²) in [7, 11) is 0. The standard InChI is InChI=1S/C24H31FN2O2S/c1-17-10-12-19(13-11-17)15-30-16-22(28)27(14-20-8-6-7-9-21(20)25)18(2)23(29)26-24(3,4)5/h6-13,18H,14-16H2,1-5H3,(H,26,29)/t18-/m0/s1. The highest BCUT2D eigenvalue weighted by atomic mass is 32.2. The lowest BCUT2D eigenvalue weighted by Gasteiger charge is -2.31. The molecule has 0 radical (unpaired) electrons. The molecule has 0 spiro atoms. The number of hydrogen-bond donors (Lipinski definition) is 1. The number of amides is 2. The predicted molar refractivity (Wildman–Crippen MR) is 122 cm³/mol. The number of carbonyl (C=O) groups is 2. The van der Waals surface area contributed by atoms with E-state index < -0.39 is 11.6 Å². The van der Waals surface area contributed by atoms with Crippen molar-refractivity contribution in [3.8, 4) is 0 Å². The Balaban J connectivity index is 2.10. The van der Waals surface area contributed by atoms with Gasteiger partial charge in [-0.3, -0.25) is 9.59 Å². The van der Waals surface area contributed by atoms with Crippen LogP contribution in [0.1, 0.15) is 44.4 Å². The van der Waals surface area contributed by atoms with Gasteiger partial charge in [0.25, 0.3) is 0 Å². The first-order valence-corrected chi connectivity index (χ1v) is 11.2. The Labute approximate surface area is 183 Å². The summed E-state index contributed by atoms with van der Waals surface area (Å²) < 4.78 is 14.2. The maximum Gasteiger partial charge on any atom is 0.242 e. The molecule has 0 aliphatic heterocycles. The van der Waals surface area contributed by atoms with Crippen LogP contribution in [0, 0.1) is 12.7 Å². The van der Waals surface area contributed by atoms with Crippen molar-refractivity contribution in [2.24, 2.45) is 0 Å². The van der Waals surface area contributed by atoms with Gasteiger partial charge in [0, 0.05) is 23.4 Å². The van der Waals surface area contributed by atoms with Gasteiger partial charge in [-0.1, -0.05) is 48.0 Å². The molecule has 0 fully saturated rings. The third-order valence-corrected chi connectivity index (χ3v) is 5.57. The molecule has 0 aliphatic rings. The van der Waals surface area contributed by atoms with E-state index in [1.165, 1.54) is 28.3 Å². The first-order chi connectivity index (χ1) is 14.1. The maximum atomic E-state index is 14.2. The molecule has 0 unspecified atom stereocenters. The van der Waals surface area contributed by atoms with Crippen molar-refractivity contribution in [3.63, 3.8) is 0 Å². The zero-order valence-corrected chi connectivity index (χ0v) is 19.2. The molecule has 162 valence electrons. The molecule has 0 aromatic heterocycles. The highest BCUT2D eigenvalue weighted by molar-refractivity contribution is 7.99. The van der Waals surface area contributed by atoms with Gasteiger partial charge in [-0.15, -0.1) is 11.8 Å². The Morgan fingerprint density at radius 3 is 2.33 bits per heavy atom. The Bertz CT molecular complexity index is 862. The van der Waals surface area contributed by atoms with Crippen LogP contribution in [0.5, 0.6) is 0 Å². The molecule has 2 aromatic rings. The monoisotopic (exact) mass is 430 g/mol. The van der Waals surface area contributed by atoms with E-state index in [1.54, 1.807) is 25.1 Å². The molecule has 0 saturated heterocycles. The lowest BCUT2D eigenvalue weighted by Crippen LogP contribution is -2.52. The van der Waals surface area contributed by atoms with Crippen LogP contribution in [0.25, 0.3) is 0 Å². The van der Waals surface area contributed by atoms with Crippen molar-refractivity contribution in [1.29, 1.82) is 0 Å². The number of halogens is 1. The molecule has 1 N–H and O–H groups in total. The van der Waals surface area contributed by atoms with Crippen LogP contribution in [0.15, 0.2) is 48.5 Å². The third-order valence-electron chi connectivity index (χ3n) is 4.58. The van der Waals surface area contributed by atoms with Gasteiger partial charge in [0.1, 0.15) is 11.9 Å². The molecule has 0 bridgehead atoms. The number of hydrogen-bond acceptors (Lipinski definition) is 3. The number of aryl methyl sites for hydroxylation is 1. The zero-order chi connectivity index (χ0) is 22.3. The molecular formula is C24H31FN2O2S. The topological polar surface area (TPSA) is 49.4 Å². The van der Waals surface area contributed by atoms with E-state index in [-0.39, 0.29) is 29.9 Å². The molecule has 2 amide bonds. The lowest BCUT2D eigenvalue weighted by molar-refractivity contribution is -0.139. The number of thioether (sulfide) groups is 1. The fourth-order valence-corrected chi connectivity index (χ4v) is 3.76. The van der Waals surface area contributed by atoms with Crippen LogP contribution in [-0.4, -0.2) is 34.0 Å². The minimum Gasteiger partial charge on any atom is -0.350 e. The van der Waals surface area contributed by atoms with Gasteiger partial charge in [0.05, 0.1) is 5.75 Å². The molecule has 4 nitrogen and oxygen atoms in total. The average Bonchev–Trinajstić information content (AvgIpc) is 2.67. The first kappa shape index (κ1) is 23.9. The zero-order valence-electron chi connectivity index (χ0n) is 18.4. The van der Waals surface area contributed by atoms with E-state index in [2.05, 4.69) is 5.32 Å². The minimum atomic E-state index is -0.712. The maximum absolute atomic E-state index is 14.2. The van der Waals surface area contributed by atoms with Gasteiger partial charge < -0.3 is 10.2 Å². The van der Waals surface area contributed by atoms with Crippen LogP contribution in [0.2, 0.25) is 0 Å². The Hall–Kier alpha value is -2.34. The molecule has 0 aliphatic carbocycles. The van der Waals surface area contributed by atoms with E-state index in [1.807, 2.05) is 52.0 Å². The van der Waals surface area contributed by atoms with Crippen LogP contribution < -0.4 is 5.32 Å². The van der Waals surface area contributed by atoms with Gasteiger partial charge in [-0.2, -0.15) is 0 Å². The third kappa shape index (κ3) is 7.48. The normalized spacial score (nSPS) is 12.3. The largest absolute Gasteiger partial charge is 0.350 e. The molecule has 2 aromatic carbocycles. The van der Waals surface area contributed by atoms with E-state index in [4.69, 9.17) is 0 Å². The van der Waals surface area contributed by atoms with Crippen LogP contribution in [0.3, 0.4) is 0 Å². The molecule has 2 rings (SSSR count). The fraction of sp³-hybridized carbons (Fsp3) is 0.417. The van der Waals surface area contributed by atoms with Gasteiger partial charge in [-0.25, -0.2) is 4.39 Å². The van der Waals surface area contributed by atoms with E-state index in [9.17, 15) is 14.0 Å². The van der Waals surface area contributed by atoms with E-state index in [0.29, 0.717) is 11.3 Å². The summed E-state index contributed by atoms with van der Waals surface area (Å²) in [5.41, 5.74) is 2.30. The molecular weight excluding hydrogens is 399 g/mol. The van der Waals surface area contributed by atoms with Gasteiger partial charge in [0.15, 0.2) is 0 Å². The summed E-state index contributed by atoms with van der Waals surface area (Å²) in [4.78, 5) is 27.2. The second-order valence-electron chi connectivity index (χ2n) is 8.51. The molecule has 30 heavy (non-hydrogen) atoms. The van der Waals surface area contributed by atoms with Gasteiger partial charge in [0.2, 0.25) is 11.8 Å². The van der Waals surface area contributed by atoms with Crippen molar-refractivity contribution in [3.05, 3.63) is 71.0 Å². The summed E-state index contributed by atoms with van der Waals surface area (Å²) in [6.45, 7) is 9.43. The highest BCUT2D eigenvalue weighted by Crippen LogP contribution is 2.18. The molecule has 1 atom stereocenters. The lowest BCUT2D eigenvalue weighted by atomic mass is 10.1. The number of nitrogens with zero attached hydrogens (tertiary/aromatic N) is 1. The number of benzene rings is 2. The SMILES string of the molecule is Cc1ccc(CSCC(=O)N(Cc2ccccc2F)[C@@H](C)C(=O)NC(C)(C)C)cc1. The van der Waals surface area contributed by atoms with Gasteiger partial charge in [-0.05, 0) is 46.2 Å². The van der Waals surface area contributed by atoms with E-state index in [0.717, 1.165) is 5.56 Å². The van der Waals surface area contributed by atoms with E-state index >= 15 is 0 Å². The van der Waals surface area contributed by atoms with Crippen LogP contribution in [0.4, 0.5) is 4.39 Å². The van der Waals surface area contributed by atoms with Crippen molar-refractivity contribution in [1.82, 2.24) is 10.2 Å². The summed E-state index contributed by atoms with van der Waals surface area (Å²) in [6, 6.07) is 13.8. The summed E-state index contributed by atoms with van der Waals surface area (Å²) >= 11 is 1.49. The predicted octanol–water partition coefficient (Wildman–Crippen LogP) is 4.70. The quantitative estimate of drug-likeness (QED) is 0.660. The Morgan fingerprint density at radius 1 is 1.10 bits per heavy atom. The van der Waals surface area contributed by atoms with Crippen molar-refractivity contribution >= 4 is 23.6 Å². The smallest absolute Gasteiger partial charge is 0.242 e. The van der Waals surface area contributed by atoms with Crippen molar-refractivity contribution < 1.29 is 14.0 Å². The van der Waals surface area contributed by atoms with Crippen LogP contribution >= 0.6 is 11.8 Å². The van der Waals surface area contributed by atoms with Gasteiger partial charge >= 0.3 is 0 Å². The minimum absolute atomic E-state index is 0.0509. The highest BCUT2D eigenvalue weighted by Gasteiger charge is 2.28. The second kappa shape index (κ2) is 10.6. The Morgan fingerprint density at radius 2 is 1.73 bits per heavy atom. The average molecular weight is 431 g/mol. The summed E-state index contributed by atoms with van der Waals surface area (Å²) in [5, 5.41) is 2.91. The first-order valence-electron chi connectivity index (χ1n) is 10.0. The van der Waals surface area contributed by atoms with Crippen molar-refractivity contribution in [2.45, 2.75) is 58.5 Å². The second-order valence-corrected chi connectivity index (χ2v) is 9.49. The number of rotatable bonds is 8. The van der Waals surface area contributed by atoms with Crippen molar-refractivity contribution in [2.75, 3.05) is 5.75 Å².